The summed E-state index contributed by atoms with van der Waals surface area (Å²) in [6.07, 6.45) is 0. The van der Waals surface area contributed by atoms with Crippen molar-refractivity contribution >= 4 is 18.3 Å². The number of rotatable bonds is 0. The molecule has 2 heteroatoms. The first-order chi connectivity index (χ1) is 3.06. The van der Waals surface area contributed by atoms with E-state index in [9.17, 15) is 0 Å². The lowest BCUT2D eigenvalue weighted by molar-refractivity contribution is 1.82. The van der Waals surface area contributed by atoms with E-state index in [4.69, 9.17) is 0 Å². The van der Waals surface area contributed by atoms with E-state index in [1.807, 2.05) is 0 Å². The standard InChI is InChI=1S/C5H9Si2/c1-7(2,3)5-4-6/h1-3H3. The van der Waals surface area contributed by atoms with Gasteiger partial charge in [0.2, 0.25) is 0 Å². The van der Waals surface area contributed by atoms with Gasteiger partial charge in [0.05, 0.1) is 0 Å². The summed E-state index contributed by atoms with van der Waals surface area (Å²) in [5.74, 6) is 0. The Labute approximate surface area is 49.8 Å². The van der Waals surface area contributed by atoms with Gasteiger partial charge in [-0.15, -0.1) is 11.1 Å². The molecule has 0 aromatic rings. The van der Waals surface area contributed by atoms with Gasteiger partial charge in [-0.1, -0.05) is 19.6 Å². The maximum Gasteiger partial charge on any atom is 0.146 e. The van der Waals surface area contributed by atoms with Crippen LogP contribution in [0.2, 0.25) is 19.6 Å². The quantitative estimate of drug-likeness (QED) is 0.335. The van der Waals surface area contributed by atoms with Crippen molar-refractivity contribution < 1.29 is 0 Å². The summed E-state index contributed by atoms with van der Waals surface area (Å²) < 4.78 is 0. The molecule has 0 heterocycles. The summed E-state index contributed by atoms with van der Waals surface area (Å²) in [6.45, 7) is 6.63. The summed E-state index contributed by atoms with van der Waals surface area (Å²) >= 11 is 0. The zero-order valence-electron chi connectivity index (χ0n) is 5.00. The van der Waals surface area contributed by atoms with Crippen LogP contribution >= 0.6 is 0 Å². The molecular weight excluding hydrogens is 116 g/mol. The van der Waals surface area contributed by atoms with E-state index < -0.39 is 8.07 Å². The molecule has 0 N–H and O–H groups in total. The molecule has 0 nitrogen and oxygen atoms in total. The van der Waals surface area contributed by atoms with Crippen LogP contribution in [0.1, 0.15) is 0 Å². The first-order valence-corrected chi connectivity index (χ1v) is 6.25. The monoisotopic (exact) mass is 125 g/mol. The summed E-state index contributed by atoms with van der Waals surface area (Å²) in [5, 5.41) is 0. The van der Waals surface area contributed by atoms with Crippen LogP contribution in [-0.2, 0) is 0 Å². The van der Waals surface area contributed by atoms with Crippen LogP contribution in [-0.4, -0.2) is 18.3 Å². The highest BCUT2D eigenvalue weighted by Crippen LogP contribution is 1.94. The van der Waals surface area contributed by atoms with Gasteiger partial charge < -0.3 is 0 Å². The van der Waals surface area contributed by atoms with Gasteiger partial charge in [0.1, 0.15) is 18.3 Å². The molecule has 0 saturated heterocycles. The second-order valence-electron chi connectivity index (χ2n) is 2.50. The Kier molecular flexibility index (Phi) is 2.34. The van der Waals surface area contributed by atoms with Crippen LogP contribution in [0.25, 0.3) is 0 Å². The van der Waals surface area contributed by atoms with E-state index >= 15 is 0 Å². The van der Waals surface area contributed by atoms with Crippen LogP contribution in [0.15, 0.2) is 0 Å². The summed E-state index contributed by atoms with van der Waals surface area (Å²) in [6, 6.07) is 0. The molecule has 0 unspecified atom stereocenters. The molecular formula is C5H9Si2. The predicted molar refractivity (Wildman–Crippen MR) is 36.9 cm³/mol. The molecule has 0 aromatic carbocycles. The van der Waals surface area contributed by atoms with Crippen molar-refractivity contribution in [2.24, 2.45) is 0 Å². The molecule has 0 aliphatic carbocycles. The average Bonchev–Trinajstić information content (AvgIpc) is 1.30. The van der Waals surface area contributed by atoms with E-state index in [0.717, 1.165) is 0 Å². The van der Waals surface area contributed by atoms with Gasteiger partial charge in [0.15, 0.2) is 0 Å². The Morgan fingerprint density at radius 3 is 1.71 bits per heavy atom. The fraction of sp³-hybridized carbons (Fsp3) is 0.600. The van der Waals surface area contributed by atoms with Gasteiger partial charge in [-0.2, -0.15) is 0 Å². The Bertz CT molecular complexity index is 99.5. The minimum absolute atomic E-state index is 1.07. The molecule has 0 amide bonds. The van der Waals surface area contributed by atoms with E-state index in [-0.39, 0.29) is 0 Å². The van der Waals surface area contributed by atoms with Crippen LogP contribution in [0.5, 0.6) is 0 Å². The van der Waals surface area contributed by atoms with Gasteiger partial charge in [-0.3, -0.25) is 0 Å². The Morgan fingerprint density at radius 1 is 1.29 bits per heavy atom. The van der Waals surface area contributed by atoms with E-state index in [1.54, 1.807) is 0 Å². The molecule has 0 aliphatic heterocycles. The van der Waals surface area contributed by atoms with Crippen LogP contribution in [0.3, 0.4) is 0 Å². The van der Waals surface area contributed by atoms with Crippen molar-refractivity contribution in [1.82, 2.24) is 0 Å². The second kappa shape index (κ2) is 2.34. The lowest BCUT2D eigenvalue weighted by Gasteiger charge is -2.01. The lowest BCUT2D eigenvalue weighted by Crippen LogP contribution is -2.16. The molecule has 7 heavy (non-hydrogen) atoms. The number of hydrogen-bond acceptors (Lipinski definition) is 0. The lowest BCUT2D eigenvalue weighted by atomic mass is 11.4. The van der Waals surface area contributed by atoms with E-state index in [2.05, 4.69) is 41.0 Å². The molecule has 0 saturated carbocycles. The number of hydrogen-bond donors (Lipinski definition) is 0. The van der Waals surface area contributed by atoms with Crippen molar-refractivity contribution in [3.8, 4) is 11.1 Å². The normalized spacial score (nSPS) is 9.71. The van der Waals surface area contributed by atoms with Crippen LogP contribution in [0, 0.1) is 11.1 Å². The van der Waals surface area contributed by atoms with Gasteiger partial charge >= 0.3 is 0 Å². The molecule has 0 aromatic heterocycles. The van der Waals surface area contributed by atoms with Crippen LogP contribution in [0.4, 0.5) is 0 Å². The van der Waals surface area contributed by atoms with Crippen molar-refractivity contribution in [3.63, 3.8) is 0 Å². The fourth-order valence-electron chi connectivity index (χ4n) is 0.188. The summed E-state index contributed by atoms with van der Waals surface area (Å²) in [5.41, 5.74) is 5.81. The highest BCUT2D eigenvalue weighted by atomic mass is 28.3. The minimum Gasteiger partial charge on any atom is -0.145 e. The molecule has 0 rings (SSSR count). The third-order valence-electron chi connectivity index (χ3n) is 0.438. The van der Waals surface area contributed by atoms with Gasteiger partial charge in [0.25, 0.3) is 0 Å². The first-order valence-electron chi connectivity index (χ1n) is 2.25. The minimum atomic E-state index is -1.07. The highest BCUT2D eigenvalue weighted by molar-refractivity contribution is 6.84. The largest absolute Gasteiger partial charge is 0.146 e. The first kappa shape index (κ1) is 6.99. The molecule has 37 valence electrons. The van der Waals surface area contributed by atoms with Gasteiger partial charge in [-0.25, -0.2) is 0 Å². The fourth-order valence-corrected chi connectivity index (χ4v) is 1.69. The van der Waals surface area contributed by atoms with Crippen LogP contribution < -0.4 is 0 Å². The van der Waals surface area contributed by atoms with Gasteiger partial charge in [0, 0.05) is 0 Å². The van der Waals surface area contributed by atoms with Crippen molar-refractivity contribution in [2.45, 2.75) is 19.6 Å². The summed E-state index contributed by atoms with van der Waals surface area (Å²) in [7, 11) is 2.03. The molecule has 0 aliphatic rings. The molecule has 0 spiro atoms. The zero-order chi connectivity index (χ0) is 5.91. The summed E-state index contributed by atoms with van der Waals surface area (Å²) in [4.78, 5) is 0. The van der Waals surface area contributed by atoms with Gasteiger partial charge in [-0.05, 0) is 0 Å². The SMILES string of the molecule is C[Si](C)(C)C#C[Si]. The molecule has 0 atom stereocenters. The topological polar surface area (TPSA) is 0 Å². The Hall–Kier alpha value is -0.00623. The zero-order valence-corrected chi connectivity index (χ0v) is 7.00. The van der Waals surface area contributed by atoms with E-state index in [0.29, 0.717) is 0 Å². The smallest absolute Gasteiger partial charge is 0.145 e. The molecule has 0 fully saturated rings. The Balaban J connectivity index is 3.72. The Morgan fingerprint density at radius 2 is 1.71 bits per heavy atom. The maximum absolute atomic E-state index is 3.10. The maximum atomic E-state index is 3.10. The van der Waals surface area contributed by atoms with E-state index in [1.165, 1.54) is 0 Å². The second-order valence-corrected chi connectivity index (χ2v) is 7.50. The molecule has 0 bridgehead atoms. The third-order valence-corrected chi connectivity index (χ3v) is 1.69. The highest BCUT2D eigenvalue weighted by Gasteiger charge is 2.05. The average molecular weight is 125 g/mol. The van der Waals surface area contributed by atoms with Crippen molar-refractivity contribution in [2.75, 3.05) is 0 Å². The van der Waals surface area contributed by atoms with Crippen molar-refractivity contribution in [3.05, 3.63) is 0 Å². The molecule has 3 radical (unpaired) electrons. The predicted octanol–water partition coefficient (Wildman–Crippen LogP) is 0.993. The third kappa shape index (κ3) is 5.99. The van der Waals surface area contributed by atoms with Crippen molar-refractivity contribution in [1.29, 1.82) is 0 Å².